The number of halogens is 1. The standard InChI is InChI=1S/C9H18ClNO4S/c1-3(10)4(11)8-6(13)5(12)7(14)9(15-8)16-2/h3-9,12-14H,11H2,1-2H3/t3?,4?,5-,6+,7+,8+,9+/m0/s1. The van der Waals surface area contributed by atoms with E-state index in [1.807, 2.05) is 0 Å². The minimum Gasteiger partial charge on any atom is -0.388 e. The largest absolute Gasteiger partial charge is 0.388 e. The zero-order valence-electron chi connectivity index (χ0n) is 9.15. The lowest BCUT2D eigenvalue weighted by Gasteiger charge is -2.42. The van der Waals surface area contributed by atoms with E-state index in [0.717, 1.165) is 0 Å². The molecule has 1 heterocycles. The maximum absolute atomic E-state index is 9.76. The highest BCUT2D eigenvalue weighted by molar-refractivity contribution is 7.99. The van der Waals surface area contributed by atoms with Crippen molar-refractivity contribution < 1.29 is 20.1 Å². The molecule has 5 nitrogen and oxygen atoms in total. The molecule has 5 N–H and O–H groups in total. The quantitative estimate of drug-likeness (QED) is 0.498. The molecule has 1 aliphatic heterocycles. The summed E-state index contributed by atoms with van der Waals surface area (Å²) in [6.07, 6.45) is -2.65. The highest BCUT2D eigenvalue weighted by atomic mass is 35.5. The van der Waals surface area contributed by atoms with Crippen LogP contribution in [0.1, 0.15) is 6.92 Å². The summed E-state index contributed by atoms with van der Waals surface area (Å²) in [5.41, 5.74) is 5.18. The molecular weight excluding hydrogens is 254 g/mol. The molecule has 0 aromatic carbocycles. The molecule has 7 atom stereocenters. The van der Waals surface area contributed by atoms with Crippen molar-refractivity contribution in [2.24, 2.45) is 5.73 Å². The van der Waals surface area contributed by atoms with Crippen molar-refractivity contribution in [3.05, 3.63) is 0 Å². The van der Waals surface area contributed by atoms with E-state index in [1.54, 1.807) is 13.2 Å². The van der Waals surface area contributed by atoms with Gasteiger partial charge in [-0.15, -0.1) is 23.4 Å². The Morgan fingerprint density at radius 1 is 1.25 bits per heavy atom. The lowest BCUT2D eigenvalue weighted by molar-refractivity contribution is -0.202. The predicted molar refractivity (Wildman–Crippen MR) is 63.5 cm³/mol. The van der Waals surface area contributed by atoms with E-state index in [4.69, 9.17) is 22.1 Å². The van der Waals surface area contributed by atoms with E-state index in [1.165, 1.54) is 11.8 Å². The molecular formula is C9H18ClNO4S. The van der Waals surface area contributed by atoms with Gasteiger partial charge in [0.1, 0.15) is 29.9 Å². The van der Waals surface area contributed by atoms with Gasteiger partial charge in [0.25, 0.3) is 0 Å². The number of rotatable bonds is 3. The maximum atomic E-state index is 9.76. The third kappa shape index (κ3) is 2.81. The van der Waals surface area contributed by atoms with Gasteiger partial charge in [0.15, 0.2) is 0 Å². The van der Waals surface area contributed by atoms with Crippen LogP contribution in [0, 0.1) is 0 Å². The number of aliphatic hydroxyl groups excluding tert-OH is 3. The first kappa shape index (κ1) is 14.5. The molecule has 16 heavy (non-hydrogen) atoms. The first-order valence-corrected chi connectivity index (χ1v) is 6.74. The highest BCUT2D eigenvalue weighted by Gasteiger charge is 2.46. The fourth-order valence-corrected chi connectivity index (χ4v) is 2.47. The number of aliphatic hydroxyl groups is 3. The summed E-state index contributed by atoms with van der Waals surface area (Å²) < 4.78 is 5.45. The summed E-state index contributed by atoms with van der Waals surface area (Å²) in [7, 11) is 0. The Kier molecular flexibility index (Phi) is 5.31. The minimum atomic E-state index is -1.27. The summed E-state index contributed by atoms with van der Waals surface area (Å²) in [5, 5.41) is 28.6. The van der Waals surface area contributed by atoms with Gasteiger partial charge in [-0.25, -0.2) is 0 Å². The molecule has 0 saturated carbocycles. The van der Waals surface area contributed by atoms with Crippen LogP contribution in [0.25, 0.3) is 0 Å². The molecule has 0 aromatic heterocycles. The lowest BCUT2D eigenvalue weighted by atomic mass is 9.94. The smallest absolute Gasteiger partial charge is 0.132 e. The van der Waals surface area contributed by atoms with E-state index in [2.05, 4.69) is 0 Å². The van der Waals surface area contributed by atoms with Crippen LogP contribution in [0.5, 0.6) is 0 Å². The van der Waals surface area contributed by atoms with E-state index >= 15 is 0 Å². The Morgan fingerprint density at radius 2 is 1.81 bits per heavy atom. The lowest BCUT2D eigenvalue weighted by Crippen LogP contribution is -2.62. The Balaban J connectivity index is 2.78. The van der Waals surface area contributed by atoms with Crippen molar-refractivity contribution in [3.8, 4) is 0 Å². The van der Waals surface area contributed by atoms with Gasteiger partial charge in [0.05, 0.1) is 0 Å². The second kappa shape index (κ2) is 5.86. The Bertz CT molecular complexity index is 232. The van der Waals surface area contributed by atoms with E-state index in [-0.39, 0.29) is 0 Å². The molecule has 0 aromatic rings. The van der Waals surface area contributed by atoms with Crippen LogP contribution in [0.2, 0.25) is 0 Å². The van der Waals surface area contributed by atoms with Crippen LogP contribution in [0.3, 0.4) is 0 Å². The first-order valence-electron chi connectivity index (χ1n) is 5.02. The molecule has 0 radical (unpaired) electrons. The SMILES string of the molecule is CS[C@H]1O[C@H](C(N)C(C)Cl)[C@H](O)[C@H](O)[C@H]1O. The summed E-state index contributed by atoms with van der Waals surface area (Å²) >= 11 is 7.09. The molecule has 96 valence electrons. The van der Waals surface area contributed by atoms with Gasteiger partial charge in [-0.2, -0.15) is 0 Å². The summed E-state index contributed by atoms with van der Waals surface area (Å²) in [6.45, 7) is 1.69. The summed E-state index contributed by atoms with van der Waals surface area (Å²) in [6, 6.07) is -0.603. The number of alkyl halides is 1. The average Bonchev–Trinajstić information content (AvgIpc) is 2.25. The molecule has 0 amide bonds. The fraction of sp³-hybridized carbons (Fsp3) is 1.00. The normalized spacial score (nSPS) is 44.1. The minimum absolute atomic E-state index is 0.399. The second-order valence-electron chi connectivity index (χ2n) is 3.93. The predicted octanol–water partition coefficient (Wildman–Crippen LogP) is -0.888. The number of nitrogens with two attached hydrogens (primary N) is 1. The van der Waals surface area contributed by atoms with Crippen LogP contribution in [0.4, 0.5) is 0 Å². The third-order valence-corrected chi connectivity index (χ3v) is 3.89. The Morgan fingerprint density at radius 3 is 2.25 bits per heavy atom. The van der Waals surface area contributed by atoms with E-state index in [9.17, 15) is 15.3 Å². The molecule has 0 bridgehead atoms. The first-order chi connectivity index (χ1) is 7.40. The van der Waals surface area contributed by atoms with Crippen molar-refractivity contribution in [2.45, 2.75) is 48.2 Å². The molecule has 1 fully saturated rings. The van der Waals surface area contributed by atoms with Crippen LogP contribution in [-0.2, 0) is 4.74 Å². The van der Waals surface area contributed by atoms with Crippen molar-refractivity contribution >= 4 is 23.4 Å². The monoisotopic (exact) mass is 271 g/mol. The average molecular weight is 272 g/mol. The number of thioether (sulfide) groups is 1. The number of ether oxygens (including phenoxy) is 1. The molecule has 0 spiro atoms. The Hall–Kier alpha value is 0.440. The van der Waals surface area contributed by atoms with E-state index in [0.29, 0.717) is 0 Å². The van der Waals surface area contributed by atoms with Gasteiger partial charge in [0, 0.05) is 11.4 Å². The van der Waals surface area contributed by atoms with Gasteiger partial charge in [-0.3, -0.25) is 0 Å². The van der Waals surface area contributed by atoms with Gasteiger partial charge in [0.2, 0.25) is 0 Å². The molecule has 1 aliphatic rings. The molecule has 1 rings (SSSR count). The van der Waals surface area contributed by atoms with Gasteiger partial charge < -0.3 is 25.8 Å². The van der Waals surface area contributed by atoms with Crippen LogP contribution >= 0.6 is 23.4 Å². The maximum Gasteiger partial charge on any atom is 0.132 e. The summed E-state index contributed by atoms with van der Waals surface area (Å²) in [5.74, 6) is 0. The second-order valence-corrected chi connectivity index (χ2v) is 5.56. The zero-order chi connectivity index (χ0) is 12.5. The van der Waals surface area contributed by atoms with Crippen molar-refractivity contribution in [1.82, 2.24) is 0 Å². The van der Waals surface area contributed by atoms with Crippen molar-refractivity contribution in [1.29, 1.82) is 0 Å². The molecule has 2 unspecified atom stereocenters. The van der Waals surface area contributed by atoms with E-state index < -0.39 is 41.3 Å². The highest BCUT2D eigenvalue weighted by Crippen LogP contribution is 2.29. The van der Waals surface area contributed by atoms with Gasteiger partial charge >= 0.3 is 0 Å². The number of hydrogen-bond donors (Lipinski definition) is 4. The Labute approximate surface area is 104 Å². The fourth-order valence-electron chi connectivity index (χ4n) is 1.65. The molecule has 7 heteroatoms. The molecule has 0 aliphatic carbocycles. The van der Waals surface area contributed by atoms with Crippen molar-refractivity contribution in [2.75, 3.05) is 6.26 Å². The summed E-state index contributed by atoms with van der Waals surface area (Å²) in [4.78, 5) is 0. The topological polar surface area (TPSA) is 95.9 Å². The van der Waals surface area contributed by atoms with Gasteiger partial charge in [-0.05, 0) is 13.2 Å². The number of hydrogen-bond acceptors (Lipinski definition) is 6. The van der Waals surface area contributed by atoms with Gasteiger partial charge in [-0.1, -0.05) is 0 Å². The van der Waals surface area contributed by atoms with Crippen molar-refractivity contribution in [3.63, 3.8) is 0 Å². The van der Waals surface area contributed by atoms with Crippen LogP contribution < -0.4 is 5.73 Å². The van der Waals surface area contributed by atoms with Crippen LogP contribution in [0.15, 0.2) is 0 Å². The van der Waals surface area contributed by atoms with Crippen LogP contribution in [-0.4, -0.2) is 62.8 Å². The zero-order valence-corrected chi connectivity index (χ0v) is 10.7. The third-order valence-electron chi connectivity index (χ3n) is 2.75. The molecule has 1 saturated heterocycles.